The summed E-state index contributed by atoms with van der Waals surface area (Å²) in [5, 5.41) is 0. The molecule has 0 bridgehead atoms. The Bertz CT molecular complexity index is 863. The van der Waals surface area contributed by atoms with Crippen LogP contribution in [-0.2, 0) is 11.3 Å². The molecular weight excluding hydrogens is 340 g/mol. The highest BCUT2D eigenvalue weighted by molar-refractivity contribution is 5.94. The largest absolute Gasteiger partial charge is 0.372 e. The number of benzene rings is 1. The van der Waals surface area contributed by atoms with Gasteiger partial charge in [-0.05, 0) is 48.7 Å². The quantitative estimate of drug-likeness (QED) is 0.700. The zero-order chi connectivity index (χ0) is 18.5. The molecule has 1 fully saturated rings. The van der Waals surface area contributed by atoms with E-state index >= 15 is 0 Å². The molecule has 1 aromatic carbocycles. The molecule has 0 N–H and O–H groups in total. The molecule has 1 aliphatic heterocycles. The number of aromatic nitrogens is 3. The predicted octanol–water partition coefficient (Wildman–Crippen LogP) is 3.09. The molecule has 0 saturated carbocycles. The van der Waals surface area contributed by atoms with E-state index in [2.05, 4.69) is 9.97 Å². The van der Waals surface area contributed by atoms with Crippen molar-refractivity contribution in [3.8, 4) is 5.69 Å². The van der Waals surface area contributed by atoms with E-state index in [4.69, 9.17) is 4.74 Å². The molecular formula is C21H22N4O2. The van der Waals surface area contributed by atoms with E-state index in [0.29, 0.717) is 18.7 Å². The van der Waals surface area contributed by atoms with Gasteiger partial charge in [0, 0.05) is 49.1 Å². The molecule has 1 aliphatic rings. The Balaban J connectivity index is 1.36. The lowest BCUT2D eigenvalue weighted by Crippen LogP contribution is -2.43. The van der Waals surface area contributed by atoms with Crippen molar-refractivity contribution in [2.75, 3.05) is 13.1 Å². The van der Waals surface area contributed by atoms with Crippen molar-refractivity contribution in [1.29, 1.82) is 0 Å². The number of likely N-dealkylation sites (tertiary alicyclic amines) is 1. The van der Waals surface area contributed by atoms with E-state index in [1.165, 1.54) is 0 Å². The van der Waals surface area contributed by atoms with E-state index in [1.807, 2.05) is 58.3 Å². The topological polar surface area (TPSA) is 60.2 Å². The van der Waals surface area contributed by atoms with Crippen LogP contribution >= 0.6 is 0 Å². The smallest absolute Gasteiger partial charge is 0.253 e. The van der Waals surface area contributed by atoms with Crippen LogP contribution in [0.5, 0.6) is 0 Å². The molecule has 0 aliphatic carbocycles. The SMILES string of the molecule is O=C(c1ccc(-n2ccnc2)cc1)N1CCCC(OCc2cccnc2)C1. The molecule has 2 aromatic heterocycles. The fraction of sp³-hybridized carbons (Fsp3) is 0.286. The predicted molar refractivity (Wildman–Crippen MR) is 102 cm³/mol. The van der Waals surface area contributed by atoms with E-state index in [-0.39, 0.29) is 12.0 Å². The minimum atomic E-state index is 0.0573. The number of hydrogen-bond acceptors (Lipinski definition) is 4. The molecule has 3 aromatic rings. The van der Waals surface area contributed by atoms with Crippen LogP contribution in [0, 0.1) is 0 Å². The van der Waals surface area contributed by atoms with Gasteiger partial charge in [-0.15, -0.1) is 0 Å². The van der Waals surface area contributed by atoms with Crippen molar-refractivity contribution in [2.45, 2.75) is 25.6 Å². The summed E-state index contributed by atoms with van der Waals surface area (Å²) in [6.07, 6.45) is 10.9. The number of carbonyl (C=O) groups is 1. The highest BCUT2D eigenvalue weighted by atomic mass is 16.5. The monoisotopic (exact) mass is 362 g/mol. The molecule has 6 nitrogen and oxygen atoms in total. The van der Waals surface area contributed by atoms with Gasteiger partial charge in [-0.3, -0.25) is 9.78 Å². The third-order valence-electron chi connectivity index (χ3n) is 4.79. The maximum Gasteiger partial charge on any atom is 0.253 e. The Labute approximate surface area is 158 Å². The summed E-state index contributed by atoms with van der Waals surface area (Å²) in [6.45, 7) is 1.93. The summed E-state index contributed by atoms with van der Waals surface area (Å²) in [7, 11) is 0. The van der Waals surface area contributed by atoms with Crippen LogP contribution in [0.15, 0.2) is 67.5 Å². The molecule has 1 amide bonds. The molecule has 3 heterocycles. The fourth-order valence-electron chi connectivity index (χ4n) is 3.33. The van der Waals surface area contributed by atoms with Crippen molar-refractivity contribution < 1.29 is 9.53 Å². The Kier molecular flexibility index (Phi) is 5.25. The van der Waals surface area contributed by atoms with Gasteiger partial charge < -0.3 is 14.2 Å². The van der Waals surface area contributed by atoms with Crippen molar-refractivity contribution in [1.82, 2.24) is 19.4 Å². The number of nitrogens with zero attached hydrogens (tertiary/aromatic N) is 4. The summed E-state index contributed by atoms with van der Waals surface area (Å²) >= 11 is 0. The van der Waals surface area contributed by atoms with Gasteiger partial charge in [-0.2, -0.15) is 0 Å². The summed E-state index contributed by atoms with van der Waals surface area (Å²) in [5.74, 6) is 0.0573. The van der Waals surface area contributed by atoms with Gasteiger partial charge in [0.1, 0.15) is 0 Å². The van der Waals surface area contributed by atoms with Crippen LogP contribution in [0.2, 0.25) is 0 Å². The van der Waals surface area contributed by atoms with Gasteiger partial charge in [0.25, 0.3) is 5.91 Å². The van der Waals surface area contributed by atoms with Crippen LogP contribution in [0.25, 0.3) is 5.69 Å². The Morgan fingerprint density at radius 3 is 2.78 bits per heavy atom. The molecule has 138 valence electrons. The number of pyridine rings is 1. The van der Waals surface area contributed by atoms with Gasteiger partial charge in [0.15, 0.2) is 0 Å². The van der Waals surface area contributed by atoms with Crippen LogP contribution in [0.3, 0.4) is 0 Å². The lowest BCUT2D eigenvalue weighted by Gasteiger charge is -2.32. The molecule has 1 atom stereocenters. The standard InChI is InChI=1S/C21H22N4O2/c26-21(18-5-7-19(8-6-18)25-12-10-23-16-25)24-11-2-4-20(14-24)27-15-17-3-1-9-22-13-17/h1,3,5-10,12-13,16,20H,2,4,11,14-15H2. The minimum Gasteiger partial charge on any atom is -0.372 e. The highest BCUT2D eigenvalue weighted by Gasteiger charge is 2.25. The molecule has 6 heteroatoms. The van der Waals surface area contributed by atoms with E-state index in [1.54, 1.807) is 18.7 Å². The Morgan fingerprint density at radius 2 is 2.04 bits per heavy atom. The second kappa shape index (κ2) is 8.14. The molecule has 1 saturated heterocycles. The summed E-state index contributed by atoms with van der Waals surface area (Å²) < 4.78 is 7.92. The lowest BCUT2D eigenvalue weighted by atomic mass is 10.1. The van der Waals surface area contributed by atoms with Crippen LogP contribution in [-0.4, -0.2) is 44.5 Å². The van der Waals surface area contributed by atoms with Crippen molar-refractivity contribution in [2.24, 2.45) is 0 Å². The number of rotatable bonds is 5. The Hall–Kier alpha value is -2.99. The molecule has 27 heavy (non-hydrogen) atoms. The number of imidazole rings is 1. The minimum absolute atomic E-state index is 0.0573. The third kappa shape index (κ3) is 4.23. The van der Waals surface area contributed by atoms with Crippen LogP contribution in [0.1, 0.15) is 28.8 Å². The third-order valence-corrected chi connectivity index (χ3v) is 4.79. The van der Waals surface area contributed by atoms with Gasteiger partial charge in [-0.25, -0.2) is 4.98 Å². The van der Waals surface area contributed by atoms with E-state index < -0.39 is 0 Å². The van der Waals surface area contributed by atoms with Gasteiger partial charge in [0.2, 0.25) is 0 Å². The molecule has 0 spiro atoms. The second-order valence-corrected chi connectivity index (χ2v) is 6.70. The first-order valence-electron chi connectivity index (χ1n) is 9.18. The van der Waals surface area contributed by atoms with Gasteiger partial charge >= 0.3 is 0 Å². The number of amides is 1. The maximum atomic E-state index is 12.9. The first-order chi connectivity index (χ1) is 13.3. The van der Waals surface area contributed by atoms with E-state index in [9.17, 15) is 4.79 Å². The number of ether oxygens (including phenoxy) is 1. The zero-order valence-corrected chi connectivity index (χ0v) is 15.1. The first-order valence-corrected chi connectivity index (χ1v) is 9.18. The molecule has 1 unspecified atom stereocenters. The van der Waals surface area contributed by atoms with Crippen LogP contribution < -0.4 is 0 Å². The maximum absolute atomic E-state index is 12.9. The van der Waals surface area contributed by atoms with Gasteiger partial charge in [0.05, 0.1) is 19.0 Å². The van der Waals surface area contributed by atoms with Crippen molar-refractivity contribution in [3.05, 3.63) is 78.6 Å². The van der Waals surface area contributed by atoms with Crippen LogP contribution in [0.4, 0.5) is 0 Å². The van der Waals surface area contributed by atoms with Gasteiger partial charge in [-0.1, -0.05) is 6.07 Å². The zero-order valence-electron chi connectivity index (χ0n) is 15.1. The summed E-state index contributed by atoms with van der Waals surface area (Å²) in [6, 6.07) is 11.5. The normalized spacial score (nSPS) is 17.0. The van der Waals surface area contributed by atoms with E-state index in [0.717, 1.165) is 30.6 Å². The number of hydrogen-bond donors (Lipinski definition) is 0. The lowest BCUT2D eigenvalue weighted by molar-refractivity contribution is -0.00681. The first kappa shape index (κ1) is 17.4. The average Bonchev–Trinajstić information content (AvgIpc) is 3.28. The van der Waals surface area contributed by atoms with Crippen molar-refractivity contribution in [3.63, 3.8) is 0 Å². The average molecular weight is 362 g/mol. The molecule has 0 radical (unpaired) electrons. The summed E-state index contributed by atoms with van der Waals surface area (Å²) in [5.41, 5.74) is 2.74. The summed E-state index contributed by atoms with van der Waals surface area (Å²) in [4.78, 5) is 22.9. The fourth-order valence-corrected chi connectivity index (χ4v) is 3.33. The molecule has 4 rings (SSSR count). The number of carbonyl (C=O) groups excluding carboxylic acids is 1. The second-order valence-electron chi connectivity index (χ2n) is 6.70. The van der Waals surface area contributed by atoms with Crippen molar-refractivity contribution >= 4 is 5.91 Å². The highest BCUT2D eigenvalue weighted by Crippen LogP contribution is 2.18. The number of piperidine rings is 1. The Morgan fingerprint density at radius 1 is 1.15 bits per heavy atom.